The van der Waals surface area contributed by atoms with Crippen molar-refractivity contribution >= 4 is 23.5 Å². The maximum atomic E-state index is 12.6. The molecule has 2 heterocycles. The molecule has 3 rings (SSSR count). The van der Waals surface area contributed by atoms with Gasteiger partial charge in [0.15, 0.2) is 0 Å². The van der Waals surface area contributed by atoms with Gasteiger partial charge in [-0.15, -0.1) is 0 Å². The summed E-state index contributed by atoms with van der Waals surface area (Å²) in [5.41, 5.74) is 2.11. The van der Waals surface area contributed by atoms with Crippen molar-refractivity contribution in [1.82, 2.24) is 9.80 Å². The Kier molecular flexibility index (Phi) is 6.03. The van der Waals surface area contributed by atoms with Crippen LogP contribution in [-0.4, -0.2) is 65.7 Å². The molecule has 1 aromatic rings. The summed E-state index contributed by atoms with van der Waals surface area (Å²) in [7, 11) is 0. The summed E-state index contributed by atoms with van der Waals surface area (Å²) >= 11 is 2.01. The van der Waals surface area contributed by atoms with E-state index in [1.54, 1.807) is 0 Å². The van der Waals surface area contributed by atoms with Crippen molar-refractivity contribution < 1.29 is 9.53 Å². The fourth-order valence-corrected chi connectivity index (χ4v) is 4.30. The highest BCUT2D eigenvalue weighted by Crippen LogP contribution is 2.21. The SMILES string of the molecule is C[C@@H]1CN(C(=O)Nc2ccccc2CN2CCSCC2)C[C@@H](C)O1. The molecule has 0 aliphatic carbocycles. The van der Waals surface area contributed by atoms with Crippen LogP contribution in [0.2, 0.25) is 0 Å². The van der Waals surface area contributed by atoms with Crippen LogP contribution < -0.4 is 5.32 Å². The van der Waals surface area contributed by atoms with Gasteiger partial charge < -0.3 is 15.0 Å². The molecule has 0 saturated carbocycles. The van der Waals surface area contributed by atoms with E-state index in [-0.39, 0.29) is 18.2 Å². The van der Waals surface area contributed by atoms with Crippen LogP contribution >= 0.6 is 11.8 Å². The number of morpholine rings is 1. The maximum Gasteiger partial charge on any atom is 0.322 e. The highest BCUT2D eigenvalue weighted by atomic mass is 32.2. The Morgan fingerprint density at radius 2 is 1.88 bits per heavy atom. The Labute approximate surface area is 148 Å². The molecule has 2 atom stereocenters. The molecule has 5 nitrogen and oxygen atoms in total. The molecular weight excluding hydrogens is 322 g/mol. The van der Waals surface area contributed by atoms with Gasteiger partial charge in [-0.3, -0.25) is 4.90 Å². The second-order valence-corrected chi connectivity index (χ2v) is 7.86. The normalized spacial score (nSPS) is 25.5. The van der Waals surface area contributed by atoms with E-state index in [0.29, 0.717) is 13.1 Å². The molecule has 2 amide bonds. The number of hydrogen-bond acceptors (Lipinski definition) is 4. The fraction of sp³-hybridized carbons (Fsp3) is 0.611. The lowest BCUT2D eigenvalue weighted by Gasteiger charge is -2.35. The summed E-state index contributed by atoms with van der Waals surface area (Å²) in [6, 6.07) is 8.11. The van der Waals surface area contributed by atoms with Crippen LogP contribution in [-0.2, 0) is 11.3 Å². The van der Waals surface area contributed by atoms with Crippen LogP contribution in [0.3, 0.4) is 0 Å². The van der Waals surface area contributed by atoms with E-state index in [9.17, 15) is 4.79 Å². The van der Waals surface area contributed by atoms with Gasteiger partial charge in [-0.25, -0.2) is 4.79 Å². The van der Waals surface area contributed by atoms with Crippen LogP contribution in [0, 0.1) is 0 Å². The van der Waals surface area contributed by atoms with E-state index in [0.717, 1.165) is 25.3 Å². The minimum Gasteiger partial charge on any atom is -0.372 e. The van der Waals surface area contributed by atoms with Crippen LogP contribution in [0.15, 0.2) is 24.3 Å². The summed E-state index contributed by atoms with van der Waals surface area (Å²) in [6.45, 7) is 8.43. The third-order valence-corrected chi connectivity index (χ3v) is 5.41. The number of nitrogens with one attached hydrogen (secondary N) is 1. The van der Waals surface area contributed by atoms with E-state index >= 15 is 0 Å². The third kappa shape index (κ3) is 4.65. The predicted molar refractivity (Wildman–Crippen MR) is 99.6 cm³/mol. The van der Waals surface area contributed by atoms with Gasteiger partial charge in [-0.05, 0) is 25.5 Å². The van der Waals surface area contributed by atoms with Crippen molar-refractivity contribution in [1.29, 1.82) is 0 Å². The van der Waals surface area contributed by atoms with E-state index in [1.807, 2.05) is 48.7 Å². The standard InChI is InChI=1S/C18H27N3O2S/c1-14-11-21(12-15(2)23-14)18(22)19-17-6-4-3-5-16(17)13-20-7-9-24-10-8-20/h3-6,14-15H,7-13H2,1-2H3,(H,19,22)/t14-,15-/m1/s1. The van der Waals surface area contributed by atoms with Crippen molar-refractivity contribution in [3.63, 3.8) is 0 Å². The quantitative estimate of drug-likeness (QED) is 0.911. The van der Waals surface area contributed by atoms with Gasteiger partial charge in [0.1, 0.15) is 0 Å². The summed E-state index contributed by atoms with van der Waals surface area (Å²) in [4.78, 5) is 17.0. The number of urea groups is 1. The van der Waals surface area contributed by atoms with Crippen LogP contribution in [0.5, 0.6) is 0 Å². The predicted octanol–water partition coefficient (Wildman–Crippen LogP) is 2.88. The number of thioether (sulfide) groups is 1. The van der Waals surface area contributed by atoms with Gasteiger partial charge in [0, 0.05) is 49.9 Å². The average molecular weight is 350 g/mol. The molecule has 1 N–H and O–H groups in total. The molecule has 2 aliphatic heterocycles. The topological polar surface area (TPSA) is 44.8 Å². The lowest BCUT2D eigenvalue weighted by Crippen LogP contribution is -2.49. The fourth-order valence-electron chi connectivity index (χ4n) is 3.32. The van der Waals surface area contributed by atoms with Gasteiger partial charge in [0.25, 0.3) is 0 Å². The number of anilines is 1. The average Bonchev–Trinajstić information content (AvgIpc) is 2.56. The monoisotopic (exact) mass is 349 g/mol. The first kappa shape index (κ1) is 17.6. The number of carbonyl (C=O) groups excluding carboxylic acids is 1. The first-order valence-corrected chi connectivity index (χ1v) is 9.86. The van der Waals surface area contributed by atoms with E-state index in [1.165, 1.54) is 17.1 Å². The van der Waals surface area contributed by atoms with Gasteiger partial charge in [-0.2, -0.15) is 11.8 Å². The van der Waals surface area contributed by atoms with Gasteiger partial charge in [-0.1, -0.05) is 18.2 Å². The maximum absolute atomic E-state index is 12.6. The minimum atomic E-state index is -0.0290. The van der Waals surface area contributed by atoms with Crippen molar-refractivity contribution in [3.05, 3.63) is 29.8 Å². The Hall–Kier alpha value is -1.24. The molecule has 2 aliphatic rings. The van der Waals surface area contributed by atoms with Gasteiger partial charge >= 0.3 is 6.03 Å². The molecule has 0 spiro atoms. The molecule has 1 aromatic carbocycles. The van der Waals surface area contributed by atoms with Crippen LogP contribution in [0.25, 0.3) is 0 Å². The molecular formula is C18H27N3O2S. The third-order valence-electron chi connectivity index (χ3n) is 4.46. The van der Waals surface area contributed by atoms with Crippen molar-refractivity contribution in [2.45, 2.75) is 32.6 Å². The molecule has 6 heteroatoms. The number of benzene rings is 1. The zero-order valence-corrected chi connectivity index (χ0v) is 15.3. The number of nitrogens with zero attached hydrogens (tertiary/aromatic N) is 2. The van der Waals surface area contributed by atoms with E-state index < -0.39 is 0 Å². The summed E-state index contributed by atoms with van der Waals surface area (Å²) in [5, 5.41) is 3.11. The molecule has 24 heavy (non-hydrogen) atoms. The molecule has 2 fully saturated rings. The second-order valence-electron chi connectivity index (χ2n) is 6.64. The number of hydrogen-bond donors (Lipinski definition) is 1. The van der Waals surface area contributed by atoms with Crippen molar-refractivity contribution in [2.24, 2.45) is 0 Å². The van der Waals surface area contributed by atoms with Gasteiger partial charge in [0.2, 0.25) is 0 Å². The highest BCUT2D eigenvalue weighted by Gasteiger charge is 2.26. The smallest absolute Gasteiger partial charge is 0.322 e. The number of para-hydroxylation sites is 1. The second kappa shape index (κ2) is 8.23. The zero-order chi connectivity index (χ0) is 16.9. The summed E-state index contributed by atoms with van der Waals surface area (Å²) in [6.07, 6.45) is 0.168. The van der Waals surface area contributed by atoms with Crippen LogP contribution in [0.4, 0.5) is 10.5 Å². The first-order chi connectivity index (χ1) is 11.6. The highest BCUT2D eigenvalue weighted by molar-refractivity contribution is 7.99. The van der Waals surface area contributed by atoms with E-state index in [2.05, 4.69) is 16.3 Å². The lowest BCUT2D eigenvalue weighted by molar-refractivity contribution is -0.0530. The Morgan fingerprint density at radius 3 is 2.58 bits per heavy atom. The van der Waals surface area contributed by atoms with Crippen molar-refractivity contribution in [2.75, 3.05) is 43.0 Å². The molecule has 0 aromatic heterocycles. The Morgan fingerprint density at radius 1 is 1.21 bits per heavy atom. The molecule has 0 bridgehead atoms. The van der Waals surface area contributed by atoms with Crippen molar-refractivity contribution in [3.8, 4) is 0 Å². The first-order valence-electron chi connectivity index (χ1n) is 8.71. The van der Waals surface area contributed by atoms with Crippen LogP contribution in [0.1, 0.15) is 19.4 Å². The molecule has 132 valence electrons. The molecule has 0 unspecified atom stereocenters. The Bertz CT molecular complexity index is 553. The van der Waals surface area contributed by atoms with Gasteiger partial charge in [0.05, 0.1) is 12.2 Å². The minimum absolute atomic E-state index is 0.0290. The number of carbonyl (C=O) groups is 1. The number of ether oxygens (including phenoxy) is 1. The number of rotatable bonds is 3. The Balaban J connectivity index is 1.64. The molecule has 0 radical (unpaired) electrons. The van der Waals surface area contributed by atoms with E-state index in [4.69, 9.17) is 4.74 Å². The largest absolute Gasteiger partial charge is 0.372 e. The summed E-state index contributed by atoms with van der Waals surface area (Å²) < 4.78 is 5.71. The number of amides is 2. The molecule has 2 saturated heterocycles. The summed E-state index contributed by atoms with van der Waals surface area (Å²) in [5.74, 6) is 2.39. The zero-order valence-electron chi connectivity index (χ0n) is 14.5. The lowest BCUT2D eigenvalue weighted by atomic mass is 10.1.